The fourth-order valence-corrected chi connectivity index (χ4v) is 2.32. The van der Waals surface area contributed by atoms with Crippen molar-refractivity contribution < 1.29 is 14.3 Å². The Kier molecular flexibility index (Phi) is 2.95. The van der Waals surface area contributed by atoms with Crippen LogP contribution in [0.2, 0.25) is 0 Å². The van der Waals surface area contributed by atoms with Crippen molar-refractivity contribution in [1.29, 1.82) is 0 Å². The zero-order valence-electron chi connectivity index (χ0n) is 10.6. The van der Waals surface area contributed by atoms with Gasteiger partial charge in [-0.3, -0.25) is 4.79 Å². The third-order valence-electron chi connectivity index (χ3n) is 3.38. The van der Waals surface area contributed by atoms with Crippen molar-refractivity contribution in [1.82, 2.24) is 0 Å². The molecule has 0 aliphatic carbocycles. The highest BCUT2D eigenvalue weighted by Crippen LogP contribution is 2.34. The number of methoxy groups -OCH3 is 1. The summed E-state index contributed by atoms with van der Waals surface area (Å²) in [6.07, 6.45) is 0. The lowest BCUT2D eigenvalue weighted by atomic mass is 9.89. The minimum Gasteiger partial charge on any atom is -0.497 e. The molecule has 3 rings (SSSR count). The lowest BCUT2D eigenvalue weighted by Crippen LogP contribution is -2.26. The Balaban J connectivity index is 1.99. The van der Waals surface area contributed by atoms with Crippen LogP contribution in [0.1, 0.15) is 21.8 Å². The van der Waals surface area contributed by atoms with Crippen molar-refractivity contribution >= 4 is 5.78 Å². The van der Waals surface area contributed by atoms with Crippen LogP contribution in [0.15, 0.2) is 48.5 Å². The van der Waals surface area contributed by atoms with Crippen LogP contribution >= 0.6 is 0 Å². The van der Waals surface area contributed by atoms with Gasteiger partial charge in [0.2, 0.25) is 0 Å². The number of ether oxygens (including phenoxy) is 2. The normalized spacial score (nSPS) is 17.5. The smallest absolute Gasteiger partial charge is 0.177 e. The maximum Gasteiger partial charge on any atom is 0.177 e. The predicted molar refractivity (Wildman–Crippen MR) is 72.0 cm³/mol. The van der Waals surface area contributed by atoms with E-state index in [2.05, 4.69) is 0 Å². The standard InChI is InChI=1S/C16H14O3/c1-18-12-7-8-15-13(9-12)16(17)14(10-19-15)11-5-3-2-4-6-11/h2-9,14H,10H2,1H3. The summed E-state index contributed by atoms with van der Waals surface area (Å²) in [7, 11) is 1.59. The molecule has 1 unspecified atom stereocenters. The van der Waals surface area contributed by atoms with E-state index in [1.807, 2.05) is 30.3 Å². The van der Waals surface area contributed by atoms with Crippen molar-refractivity contribution in [2.24, 2.45) is 0 Å². The highest BCUT2D eigenvalue weighted by atomic mass is 16.5. The fraction of sp³-hybridized carbons (Fsp3) is 0.188. The molecule has 0 saturated carbocycles. The molecule has 0 saturated heterocycles. The molecule has 1 aliphatic heterocycles. The van der Waals surface area contributed by atoms with E-state index in [1.165, 1.54) is 0 Å². The van der Waals surface area contributed by atoms with Crippen molar-refractivity contribution in [3.63, 3.8) is 0 Å². The number of rotatable bonds is 2. The van der Waals surface area contributed by atoms with E-state index in [0.29, 0.717) is 23.7 Å². The summed E-state index contributed by atoms with van der Waals surface area (Å²) >= 11 is 0. The number of carbonyl (C=O) groups is 1. The van der Waals surface area contributed by atoms with E-state index in [1.54, 1.807) is 25.3 Å². The Bertz CT molecular complexity index is 605. The van der Waals surface area contributed by atoms with Crippen LogP contribution < -0.4 is 9.47 Å². The van der Waals surface area contributed by atoms with Crippen LogP contribution in [0.3, 0.4) is 0 Å². The second kappa shape index (κ2) is 4.76. The van der Waals surface area contributed by atoms with Gasteiger partial charge in [-0.25, -0.2) is 0 Å². The number of benzene rings is 2. The van der Waals surface area contributed by atoms with E-state index < -0.39 is 0 Å². The average molecular weight is 254 g/mol. The molecule has 1 atom stereocenters. The molecular formula is C16H14O3. The van der Waals surface area contributed by atoms with Crippen LogP contribution in [-0.4, -0.2) is 19.5 Å². The van der Waals surface area contributed by atoms with E-state index in [9.17, 15) is 4.79 Å². The van der Waals surface area contributed by atoms with Crippen molar-refractivity contribution in [3.8, 4) is 11.5 Å². The highest BCUT2D eigenvalue weighted by Gasteiger charge is 2.30. The Morgan fingerprint density at radius 1 is 1.16 bits per heavy atom. The van der Waals surface area contributed by atoms with Crippen LogP contribution in [-0.2, 0) is 0 Å². The van der Waals surface area contributed by atoms with E-state index in [4.69, 9.17) is 9.47 Å². The summed E-state index contributed by atoms with van der Waals surface area (Å²) in [4.78, 5) is 12.5. The molecule has 96 valence electrons. The molecule has 0 radical (unpaired) electrons. The first kappa shape index (κ1) is 11.8. The molecule has 0 bridgehead atoms. The summed E-state index contributed by atoms with van der Waals surface area (Å²) in [5, 5.41) is 0. The molecule has 0 aromatic heterocycles. The maximum absolute atomic E-state index is 12.5. The monoisotopic (exact) mass is 254 g/mol. The van der Waals surface area contributed by atoms with Gasteiger partial charge in [-0.2, -0.15) is 0 Å². The summed E-state index contributed by atoms with van der Waals surface area (Å²) in [5.41, 5.74) is 1.58. The molecule has 2 aromatic carbocycles. The molecule has 0 fully saturated rings. The summed E-state index contributed by atoms with van der Waals surface area (Å²) in [5.74, 6) is 1.16. The molecule has 0 N–H and O–H groups in total. The van der Waals surface area contributed by atoms with Crippen LogP contribution in [0, 0.1) is 0 Å². The van der Waals surface area contributed by atoms with E-state index >= 15 is 0 Å². The number of Topliss-reactive ketones (excluding diaryl/α,β-unsaturated/α-hetero) is 1. The van der Waals surface area contributed by atoms with Gasteiger partial charge in [0, 0.05) is 0 Å². The Labute approximate surface area is 111 Å². The number of hydrogen-bond donors (Lipinski definition) is 0. The zero-order chi connectivity index (χ0) is 13.2. The van der Waals surface area contributed by atoms with Gasteiger partial charge >= 0.3 is 0 Å². The third kappa shape index (κ3) is 2.08. The van der Waals surface area contributed by atoms with Gasteiger partial charge in [-0.1, -0.05) is 30.3 Å². The zero-order valence-corrected chi connectivity index (χ0v) is 10.6. The van der Waals surface area contributed by atoms with E-state index in [-0.39, 0.29) is 11.7 Å². The van der Waals surface area contributed by atoms with Gasteiger partial charge in [-0.15, -0.1) is 0 Å². The number of hydrogen-bond acceptors (Lipinski definition) is 3. The molecule has 1 aliphatic rings. The fourth-order valence-electron chi connectivity index (χ4n) is 2.32. The molecule has 1 heterocycles. The van der Waals surface area contributed by atoms with Gasteiger partial charge in [0.1, 0.15) is 18.1 Å². The first-order chi connectivity index (χ1) is 9.29. The molecule has 0 amide bonds. The topological polar surface area (TPSA) is 35.5 Å². The molecule has 0 spiro atoms. The molecule has 3 nitrogen and oxygen atoms in total. The Hall–Kier alpha value is -2.29. The summed E-state index contributed by atoms with van der Waals surface area (Å²) < 4.78 is 10.8. The molecule has 19 heavy (non-hydrogen) atoms. The van der Waals surface area contributed by atoms with Gasteiger partial charge in [0.25, 0.3) is 0 Å². The third-order valence-corrected chi connectivity index (χ3v) is 3.38. The summed E-state index contributed by atoms with van der Waals surface area (Å²) in [6.45, 7) is 0.391. The molecule has 2 aromatic rings. The van der Waals surface area contributed by atoms with Crippen molar-refractivity contribution in [2.45, 2.75) is 5.92 Å². The Morgan fingerprint density at radius 3 is 2.68 bits per heavy atom. The Morgan fingerprint density at radius 2 is 1.95 bits per heavy atom. The second-order valence-electron chi connectivity index (χ2n) is 4.50. The quantitative estimate of drug-likeness (QED) is 0.826. The number of ketones is 1. The largest absolute Gasteiger partial charge is 0.497 e. The molecular weight excluding hydrogens is 240 g/mol. The lowest BCUT2D eigenvalue weighted by Gasteiger charge is -2.24. The lowest BCUT2D eigenvalue weighted by molar-refractivity contribution is 0.0895. The van der Waals surface area contributed by atoms with Crippen LogP contribution in [0.5, 0.6) is 11.5 Å². The van der Waals surface area contributed by atoms with Gasteiger partial charge in [-0.05, 0) is 23.8 Å². The first-order valence-corrected chi connectivity index (χ1v) is 6.19. The minimum atomic E-state index is -0.235. The SMILES string of the molecule is COc1ccc2c(c1)C(=O)C(c1ccccc1)CO2. The predicted octanol–water partition coefficient (Wildman–Crippen LogP) is 3.05. The second-order valence-corrected chi connectivity index (χ2v) is 4.50. The average Bonchev–Trinajstić information content (AvgIpc) is 2.48. The van der Waals surface area contributed by atoms with Gasteiger partial charge in [0.15, 0.2) is 5.78 Å². The van der Waals surface area contributed by atoms with Crippen LogP contribution in [0.4, 0.5) is 0 Å². The van der Waals surface area contributed by atoms with Crippen molar-refractivity contribution in [2.75, 3.05) is 13.7 Å². The van der Waals surface area contributed by atoms with Crippen molar-refractivity contribution in [3.05, 3.63) is 59.7 Å². The maximum atomic E-state index is 12.5. The summed E-state index contributed by atoms with van der Waals surface area (Å²) in [6, 6.07) is 15.0. The minimum absolute atomic E-state index is 0.0892. The number of carbonyl (C=O) groups excluding carboxylic acids is 1. The molecule has 3 heteroatoms. The van der Waals surface area contributed by atoms with E-state index in [0.717, 1.165) is 5.56 Å². The van der Waals surface area contributed by atoms with Gasteiger partial charge in [0.05, 0.1) is 18.6 Å². The van der Waals surface area contributed by atoms with Gasteiger partial charge < -0.3 is 9.47 Å². The van der Waals surface area contributed by atoms with Crippen LogP contribution in [0.25, 0.3) is 0 Å². The first-order valence-electron chi connectivity index (χ1n) is 6.19. The number of fused-ring (bicyclic) bond motifs is 1. The highest BCUT2D eigenvalue weighted by molar-refractivity contribution is 6.04.